The van der Waals surface area contributed by atoms with Gasteiger partial charge >= 0.3 is 0 Å². The van der Waals surface area contributed by atoms with Crippen LogP contribution in [0.3, 0.4) is 0 Å². The molecule has 0 spiro atoms. The van der Waals surface area contributed by atoms with Crippen molar-refractivity contribution in [3.8, 4) is 5.75 Å². The average molecular weight is 437 g/mol. The SMILES string of the molecule is CCCNC(=O)c1ccsc1/N=C/c1cc(Br)ccc1OCCC(C)C. The molecule has 0 atom stereocenters. The number of rotatable bonds is 9. The van der Waals surface area contributed by atoms with Gasteiger partial charge in [0.25, 0.3) is 5.91 Å². The molecule has 2 aromatic rings. The summed E-state index contributed by atoms with van der Waals surface area (Å²) in [5, 5.41) is 5.48. The number of carbonyl (C=O) groups excluding carboxylic acids is 1. The highest BCUT2D eigenvalue weighted by Gasteiger charge is 2.12. The highest BCUT2D eigenvalue weighted by Crippen LogP contribution is 2.28. The molecule has 0 bridgehead atoms. The van der Waals surface area contributed by atoms with Crippen LogP contribution in [0.2, 0.25) is 0 Å². The van der Waals surface area contributed by atoms with E-state index >= 15 is 0 Å². The van der Waals surface area contributed by atoms with Crippen LogP contribution in [-0.2, 0) is 0 Å². The maximum absolute atomic E-state index is 12.2. The van der Waals surface area contributed by atoms with E-state index in [1.165, 1.54) is 11.3 Å². The Balaban J connectivity index is 2.16. The normalized spacial score (nSPS) is 11.3. The lowest BCUT2D eigenvalue weighted by molar-refractivity contribution is 0.0955. The van der Waals surface area contributed by atoms with Gasteiger partial charge in [0.1, 0.15) is 10.8 Å². The fraction of sp³-hybridized carbons (Fsp3) is 0.400. The van der Waals surface area contributed by atoms with Crippen molar-refractivity contribution < 1.29 is 9.53 Å². The third kappa shape index (κ3) is 6.25. The maximum atomic E-state index is 12.2. The maximum Gasteiger partial charge on any atom is 0.254 e. The van der Waals surface area contributed by atoms with E-state index in [2.05, 4.69) is 40.1 Å². The second-order valence-corrected chi connectivity index (χ2v) is 8.18. The molecular formula is C20H25BrN2O2S. The van der Waals surface area contributed by atoms with Crippen molar-refractivity contribution >= 4 is 44.4 Å². The minimum atomic E-state index is -0.0806. The van der Waals surface area contributed by atoms with E-state index in [0.717, 1.165) is 28.6 Å². The Kier molecular flexibility index (Phi) is 8.32. The molecule has 1 aromatic heterocycles. The zero-order valence-corrected chi connectivity index (χ0v) is 17.8. The first kappa shape index (κ1) is 20.6. The second-order valence-electron chi connectivity index (χ2n) is 6.37. The molecule has 0 saturated heterocycles. The van der Waals surface area contributed by atoms with E-state index in [0.29, 0.717) is 29.6 Å². The van der Waals surface area contributed by atoms with Crippen LogP contribution in [0, 0.1) is 5.92 Å². The lowest BCUT2D eigenvalue weighted by atomic mass is 10.1. The summed E-state index contributed by atoms with van der Waals surface area (Å²) in [6.45, 7) is 7.71. The molecular weight excluding hydrogens is 412 g/mol. The molecule has 6 heteroatoms. The molecule has 1 amide bonds. The van der Waals surface area contributed by atoms with Gasteiger partial charge in [-0.3, -0.25) is 4.79 Å². The number of aliphatic imine (C=N–C) groups is 1. The minimum Gasteiger partial charge on any atom is -0.493 e. The summed E-state index contributed by atoms with van der Waals surface area (Å²) < 4.78 is 6.88. The number of carbonyl (C=O) groups is 1. The van der Waals surface area contributed by atoms with E-state index < -0.39 is 0 Å². The van der Waals surface area contributed by atoms with Gasteiger partial charge < -0.3 is 10.1 Å². The topological polar surface area (TPSA) is 50.7 Å². The molecule has 1 heterocycles. The van der Waals surface area contributed by atoms with Crippen LogP contribution in [0.4, 0.5) is 5.00 Å². The molecule has 0 radical (unpaired) electrons. The van der Waals surface area contributed by atoms with Crippen LogP contribution in [-0.4, -0.2) is 25.3 Å². The highest BCUT2D eigenvalue weighted by atomic mass is 79.9. The number of hydrogen-bond acceptors (Lipinski definition) is 4. The Morgan fingerprint density at radius 3 is 2.92 bits per heavy atom. The summed E-state index contributed by atoms with van der Waals surface area (Å²) in [6, 6.07) is 7.67. The van der Waals surface area contributed by atoms with Gasteiger partial charge in [-0.05, 0) is 48.4 Å². The van der Waals surface area contributed by atoms with Crippen molar-refractivity contribution in [2.75, 3.05) is 13.2 Å². The third-order valence-electron chi connectivity index (χ3n) is 3.67. The molecule has 4 nitrogen and oxygen atoms in total. The Labute approximate surface area is 167 Å². The van der Waals surface area contributed by atoms with E-state index in [4.69, 9.17) is 4.74 Å². The van der Waals surface area contributed by atoms with Crippen LogP contribution in [0.1, 0.15) is 49.5 Å². The predicted octanol–water partition coefficient (Wildman–Crippen LogP) is 5.83. The second kappa shape index (κ2) is 10.5. The van der Waals surface area contributed by atoms with E-state index in [-0.39, 0.29) is 5.91 Å². The van der Waals surface area contributed by atoms with Gasteiger partial charge in [-0.1, -0.05) is 36.7 Å². The molecule has 1 aromatic carbocycles. The fourth-order valence-electron chi connectivity index (χ4n) is 2.19. The predicted molar refractivity (Wildman–Crippen MR) is 113 cm³/mol. The molecule has 1 N–H and O–H groups in total. The average Bonchev–Trinajstić information content (AvgIpc) is 3.07. The number of hydrogen-bond donors (Lipinski definition) is 1. The van der Waals surface area contributed by atoms with Crippen LogP contribution in [0.5, 0.6) is 5.75 Å². The largest absolute Gasteiger partial charge is 0.493 e. The van der Waals surface area contributed by atoms with Gasteiger partial charge in [0.15, 0.2) is 0 Å². The molecule has 2 rings (SSSR count). The minimum absolute atomic E-state index is 0.0806. The standard InChI is InChI=1S/C20H25BrN2O2S/c1-4-9-22-19(24)17-8-11-26-20(17)23-13-15-12-16(21)5-6-18(15)25-10-7-14(2)3/h5-6,8,11-14H,4,7,9-10H2,1-3H3,(H,22,24)/b23-13+. The summed E-state index contributed by atoms with van der Waals surface area (Å²) in [7, 11) is 0. The summed E-state index contributed by atoms with van der Waals surface area (Å²) in [6.07, 6.45) is 3.67. The number of nitrogens with one attached hydrogen (secondary N) is 1. The van der Waals surface area contributed by atoms with Crippen molar-refractivity contribution in [1.82, 2.24) is 5.32 Å². The molecule has 0 unspecified atom stereocenters. The first-order chi connectivity index (χ1) is 12.5. The quantitative estimate of drug-likeness (QED) is 0.502. The van der Waals surface area contributed by atoms with Crippen LogP contribution >= 0.6 is 27.3 Å². The van der Waals surface area contributed by atoms with E-state index in [1.807, 2.05) is 36.6 Å². The van der Waals surface area contributed by atoms with Crippen LogP contribution in [0.25, 0.3) is 0 Å². The van der Waals surface area contributed by atoms with Crippen LogP contribution in [0.15, 0.2) is 39.1 Å². The first-order valence-electron chi connectivity index (χ1n) is 8.83. The third-order valence-corrected chi connectivity index (χ3v) is 4.98. The molecule has 0 aliphatic carbocycles. The number of halogens is 1. The first-order valence-corrected chi connectivity index (χ1v) is 10.5. The summed E-state index contributed by atoms with van der Waals surface area (Å²) in [4.78, 5) is 16.8. The zero-order valence-electron chi connectivity index (χ0n) is 15.4. The molecule has 140 valence electrons. The number of ether oxygens (including phenoxy) is 1. The van der Waals surface area contributed by atoms with Crippen molar-refractivity contribution in [3.05, 3.63) is 45.2 Å². The number of amides is 1. The lowest BCUT2D eigenvalue weighted by Crippen LogP contribution is -2.23. The Bertz CT molecular complexity index is 756. The van der Waals surface area contributed by atoms with E-state index in [9.17, 15) is 4.79 Å². The van der Waals surface area contributed by atoms with Gasteiger partial charge in [0.05, 0.1) is 12.2 Å². The van der Waals surface area contributed by atoms with Crippen molar-refractivity contribution in [3.63, 3.8) is 0 Å². The highest BCUT2D eigenvalue weighted by molar-refractivity contribution is 9.10. The summed E-state index contributed by atoms with van der Waals surface area (Å²) in [5.74, 6) is 1.31. The fourth-order valence-corrected chi connectivity index (χ4v) is 3.31. The molecule has 0 saturated carbocycles. The summed E-state index contributed by atoms with van der Waals surface area (Å²) in [5.41, 5.74) is 1.49. The monoisotopic (exact) mass is 436 g/mol. The number of thiophene rings is 1. The lowest BCUT2D eigenvalue weighted by Gasteiger charge is -2.11. The number of benzene rings is 1. The smallest absolute Gasteiger partial charge is 0.254 e. The zero-order chi connectivity index (χ0) is 18.9. The molecule has 0 fully saturated rings. The Hall–Kier alpha value is -1.66. The summed E-state index contributed by atoms with van der Waals surface area (Å²) >= 11 is 4.94. The van der Waals surface area contributed by atoms with Gasteiger partial charge in [0.2, 0.25) is 0 Å². The van der Waals surface area contributed by atoms with Crippen LogP contribution < -0.4 is 10.1 Å². The number of nitrogens with zero attached hydrogens (tertiary/aromatic N) is 1. The van der Waals surface area contributed by atoms with Gasteiger partial charge in [-0.15, -0.1) is 11.3 Å². The van der Waals surface area contributed by atoms with Crippen molar-refractivity contribution in [2.45, 2.75) is 33.6 Å². The van der Waals surface area contributed by atoms with Crippen molar-refractivity contribution in [1.29, 1.82) is 0 Å². The van der Waals surface area contributed by atoms with E-state index in [1.54, 1.807) is 6.21 Å². The molecule has 26 heavy (non-hydrogen) atoms. The van der Waals surface area contributed by atoms with Gasteiger partial charge in [-0.2, -0.15) is 0 Å². The Morgan fingerprint density at radius 2 is 2.19 bits per heavy atom. The van der Waals surface area contributed by atoms with Crippen molar-refractivity contribution in [2.24, 2.45) is 10.9 Å². The van der Waals surface area contributed by atoms with Gasteiger partial charge in [0, 0.05) is 22.8 Å². The molecule has 0 aliphatic rings. The Morgan fingerprint density at radius 1 is 1.38 bits per heavy atom. The molecule has 0 aliphatic heterocycles. The van der Waals surface area contributed by atoms with Gasteiger partial charge in [-0.25, -0.2) is 4.99 Å².